The molecule has 23 heavy (non-hydrogen) atoms. The lowest BCUT2D eigenvalue weighted by Gasteiger charge is -2.13. The number of sulfone groups is 1. The molecule has 120 valence electrons. The molecule has 0 bridgehead atoms. The minimum Gasteiger partial charge on any atom is -0.491 e. The lowest BCUT2D eigenvalue weighted by atomic mass is 10.2. The van der Waals surface area contributed by atoms with Crippen LogP contribution in [0.5, 0.6) is 5.75 Å². The summed E-state index contributed by atoms with van der Waals surface area (Å²) in [5.74, 6) is 0.0579. The van der Waals surface area contributed by atoms with Crippen molar-refractivity contribution in [3.63, 3.8) is 0 Å². The molecule has 0 saturated carbocycles. The highest BCUT2D eigenvalue weighted by Gasteiger charge is 2.20. The van der Waals surface area contributed by atoms with E-state index in [-0.39, 0.29) is 11.5 Å². The summed E-state index contributed by atoms with van der Waals surface area (Å²) in [6.45, 7) is 1.73. The van der Waals surface area contributed by atoms with Crippen molar-refractivity contribution in [3.8, 4) is 11.8 Å². The van der Waals surface area contributed by atoms with Crippen LogP contribution in [0.2, 0.25) is 0 Å². The number of nitriles is 1. The summed E-state index contributed by atoms with van der Waals surface area (Å²) in [5, 5.41) is 18.6. The monoisotopic (exact) mass is 331 g/mol. The Kier molecular flexibility index (Phi) is 5.37. The molecule has 2 aromatic rings. The van der Waals surface area contributed by atoms with Crippen molar-refractivity contribution >= 4 is 9.84 Å². The number of aryl methyl sites for hydroxylation is 1. The Morgan fingerprint density at radius 1 is 1.13 bits per heavy atom. The van der Waals surface area contributed by atoms with Crippen LogP contribution >= 0.6 is 0 Å². The molecule has 0 aliphatic rings. The zero-order valence-electron chi connectivity index (χ0n) is 12.6. The first-order valence-electron chi connectivity index (χ1n) is 7.01. The molecule has 2 rings (SSSR count). The van der Waals surface area contributed by atoms with Crippen LogP contribution in [0.15, 0.2) is 53.4 Å². The van der Waals surface area contributed by atoms with E-state index in [2.05, 4.69) is 0 Å². The molecule has 0 amide bonds. The third kappa shape index (κ3) is 4.81. The molecule has 0 spiro atoms. The summed E-state index contributed by atoms with van der Waals surface area (Å²) in [6, 6.07) is 14.8. The van der Waals surface area contributed by atoms with Crippen LogP contribution in [0.4, 0.5) is 0 Å². The second-order valence-electron chi connectivity index (χ2n) is 5.20. The Balaban J connectivity index is 1.94. The number of hydrogen-bond donors (Lipinski definition) is 1. The molecule has 0 saturated heterocycles. The van der Waals surface area contributed by atoms with Crippen LogP contribution in [-0.2, 0) is 9.84 Å². The van der Waals surface area contributed by atoms with E-state index in [0.717, 1.165) is 5.56 Å². The molecule has 0 heterocycles. The molecular formula is C17H17NO4S. The van der Waals surface area contributed by atoms with Gasteiger partial charge in [0.25, 0.3) is 0 Å². The fraction of sp³-hybridized carbons (Fsp3) is 0.235. The van der Waals surface area contributed by atoms with Gasteiger partial charge < -0.3 is 9.84 Å². The van der Waals surface area contributed by atoms with E-state index >= 15 is 0 Å². The van der Waals surface area contributed by atoms with Crippen LogP contribution < -0.4 is 4.74 Å². The van der Waals surface area contributed by atoms with Gasteiger partial charge in [0.1, 0.15) is 18.5 Å². The molecule has 6 heteroatoms. The van der Waals surface area contributed by atoms with Gasteiger partial charge in [-0.15, -0.1) is 0 Å². The summed E-state index contributed by atoms with van der Waals surface area (Å²) >= 11 is 0. The molecular weight excluding hydrogens is 314 g/mol. The van der Waals surface area contributed by atoms with Crippen molar-refractivity contribution in [2.24, 2.45) is 0 Å². The van der Waals surface area contributed by atoms with Gasteiger partial charge in [-0.25, -0.2) is 8.42 Å². The van der Waals surface area contributed by atoms with Crippen molar-refractivity contribution in [2.75, 3.05) is 12.4 Å². The molecule has 2 aromatic carbocycles. The van der Waals surface area contributed by atoms with Crippen LogP contribution in [0.1, 0.15) is 11.1 Å². The molecule has 1 atom stereocenters. The summed E-state index contributed by atoms with van der Waals surface area (Å²) in [7, 11) is -3.56. The van der Waals surface area contributed by atoms with Gasteiger partial charge in [-0.05, 0) is 43.3 Å². The molecule has 0 aromatic heterocycles. The first-order chi connectivity index (χ1) is 10.9. The van der Waals surface area contributed by atoms with Crippen molar-refractivity contribution in [2.45, 2.75) is 17.9 Å². The predicted molar refractivity (Wildman–Crippen MR) is 85.9 cm³/mol. The summed E-state index contributed by atoms with van der Waals surface area (Å²) < 4.78 is 29.7. The largest absolute Gasteiger partial charge is 0.491 e. The van der Waals surface area contributed by atoms with Crippen molar-refractivity contribution in [3.05, 3.63) is 59.7 Å². The van der Waals surface area contributed by atoms with E-state index in [0.29, 0.717) is 11.3 Å². The smallest absolute Gasteiger partial charge is 0.181 e. The molecule has 0 aliphatic heterocycles. The topological polar surface area (TPSA) is 87.4 Å². The van der Waals surface area contributed by atoms with Crippen LogP contribution in [0.3, 0.4) is 0 Å². The van der Waals surface area contributed by atoms with Gasteiger partial charge in [0.05, 0.1) is 22.3 Å². The minimum absolute atomic E-state index is 0.142. The number of hydrogen-bond acceptors (Lipinski definition) is 5. The third-order valence-electron chi connectivity index (χ3n) is 3.22. The molecule has 0 radical (unpaired) electrons. The normalized spacial score (nSPS) is 12.4. The number of benzene rings is 2. The maximum Gasteiger partial charge on any atom is 0.181 e. The lowest BCUT2D eigenvalue weighted by molar-refractivity contribution is 0.125. The zero-order chi connectivity index (χ0) is 16.9. The molecule has 1 N–H and O–H groups in total. The Bertz CT molecular complexity index is 790. The van der Waals surface area contributed by atoms with Crippen LogP contribution in [0.25, 0.3) is 0 Å². The Labute approximate surface area is 135 Å². The molecule has 1 unspecified atom stereocenters. The van der Waals surface area contributed by atoms with E-state index in [4.69, 9.17) is 10.00 Å². The number of aliphatic hydroxyl groups is 1. The lowest BCUT2D eigenvalue weighted by Crippen LogP contribution is -2.27. The zero-order valence-corrected chi connectivity index (χ0v) is 13.5. The van der Waals surface area contributed by atoms with E-state index in [1.54, 1.807) is 36.4 Å². The van der Waals surface area contributed by atoms with E-state index in [9.17, 15) is 13.5 Å². The Morgan fingerprint density at radius 3 is 2.30 bits per heavy atom. The van der Waals surface area contributed by atoms with Gasteiger partial charge in [-0.3, -0.25) is 0 Å². The van der Waals surface area contributed by atoms with Gasteiger partial charge in [0, 0.05) is 0 Å². The van der Waals surface area contributed by atoms with E-state index in [1.807, 2.05) is 13.0 Å². The van der Waals surface area contributed by atoms with E-state index < -0.39 is 21.7 Å². The first-order valence-corrected chi connectivity index (χ1v) is 8.66. The maximum absolute atomic E-state index is 12.2. The van der Waals surface area contributed by atoms with Crippen LogP contribution in [-0.4, -0.2) is 32.0 Å². The fourth-order valence-electron chi connectivity index (χ4n) is 1.96. The predicted octanol–water partition coefficient (Wildman–Crippen LogP) is 2.08. The molecule has 0 fully saturated rings. The third-order valence-corrected chi connectivity index (χ3v) is 5.03. The summed E-state index contributed by atoms with van der Waals surface area (Å²) in [5.41, 5.74) is 1.47. The highest BCUT2D eigenvalue weighted by atomic mass is 32.2. The molecule has 5 nitrogen and oxygen atoms in total. The number of rotatable bonds is 6. The number of ether oxygens (including phenoxy) is 1. The Morgan fingerprint density at radius 2 is 1.74 bits per heavy atom. The van der Waals surface area contributed by atoms with Crippen molar-refractivity contribution < 1.29 is 18.3 Å². The standard InChI is InChI=1S/C17H17NO4S/c1-13-2-8-17(9-3-13)23(20,21)12-15(19)11-22-16-6-4-14(10-18)5-7-16/h2-9,15,19H,11-12H2,1H3. The molecule has 0 aliphatic carbocycles. The van der Waals surface area contributed by atoms with Gasteiger partial charge in [0.2, 0.25) is 0 Å². The number of nitrogens with zero attached hydrogens (tertiary/aromatic N) is 1. The number of aliphatic hydroxyl groups excluding tert-OH is 1. The SMILES string of the molecule is Cc1ccc(S(=O)(=O)CC(O)COc2ccc(C#N)cc2)cc1. The van der Waals surface area contributed by atoms with Crippen molar-refractivity contribution in [1.82, 2.24) is 0 Å². The average molecular weight is 331 g/mol. The quantitative estimate of drug-likeness (QED) is 0.875. The van der Waals surface area contributed by atoms with Gasteiger partial charge in [-0.2, -0.15) is 5.26 Å². The van der Waals surface area contributed by atoms with Gasteiger partial charge >= 0.3 is 0 Å². The summed E-state index contributed by atoms with van der Waals surface area (Å²) in [6.07, 6.45) is -1.14. The second-order valence-corrected chi connectivity index (χ2v) is 7.23. The first kappa shape index (κ1) is 17.0. The maximum atomic E-state index is 12.2. The van der Waals surface area contributed by atoms with Gasteiger partial charge in [-0.1, -0.05) is 17.7 Å². The highest BCUT2D eigenvalue weighted by Crippen LogP contribution is 2.15. The minimum atomic E-state index is -3.56. The van der Waals surface area contributed by atoms with Crippen LogP contribution in [0, 0.1) is 18.3 Å². The Hall–Kier alpha value is -2.36. The highest BCUT2D eigenvalue weighted by molar-refractivity contribution is 7.91. The second kappa shape index (κ2) is 7.27. The van der Waals surface area contributed by atoms with Crippen molar-refractivity contribution in [1.29, 1.82) is 5.26 Å². The average Bonchev–Trinajstić information content (AvgIpc) is 2.53. The van der Waals surface area contributed by atoms with E-state index in [1.165, 1.54) is 12.1 Å². The fourth-order valence-corrected chi connectivity index (χ4v) is 3.31. The van der Waals surface area contributed by atoms with Gasteiger partial charge in [0.15, 0.2) is 9.84 Å². The summed E-state index contributed by atoms with van der Waals surface area (Å²) in [4.78, 5) is 0.181.